The van der Waals surface area contributed by atoms with Crippen molar-refractivity contribution in [3.8, 4) is 11.6 Å². The van der Waals surface area contributed by atoms with Crippen molar-refractivity contribution in [1.29, 1.82) is 0 Å². The van der Waals surface area contributed by atoms with E-state index in [-0.39, 0.29) is 0 Å². The van der Waals surface area contributed by atoms with Crippen LogP contribution in [0.5, 0.6) is 0 Å². The molecule has 0 atom stereocenters. The highest BCUT2D eigenvalue weighted by atomic mass is 16.5. The van der Waals surface area contributed by atoms with Crippen molar-refractivity contribution in [3.63, 3.8) is 0 Å². The molecule has 1 aliphatic rings. The Morgan fingerprint density at radius 2 is 2.26 bits per heavy atom. The van der Waals surface area contributed by atoms with Gasteiger partial charge in [0.2, 0.25) is 11.7 Å². The molecule has 0 N–H and O–H groups in total. The Morgan fingerprint density at radius 1 is 1.42 bits per heavy atom. The second-order valence-electron chi connectivity index (χ2n) is 5.54. The van der Waals surface area contributed by atoms with E-state index in [0.29, 0.717) is 29.4 Å². The van der Waals surface area contributed by atoms with Crippen molar-refractivity contribution < 1.29 is 8.94 Å². The quantitative estimate of drug-likeness (QED) is 0.800. The van der Waals surface area contributed by atoms with Crippen molar-refractivity contribution >= 4 is 0 Å². The SMILES string of the molecule is CC(C)CN(Cc1nc(-c2ccco2)no1)C1CC1. The molecular formula is C14H19N3O2. The molecule has 19 heavy (non-hydrogen) atoms. The van der Waals surface area contributed by atoms with Gasteiger partial charge >= 0.3 is 0 Å². The van der Waals surface area contributed by atoms with Crippen LogP contribution in [0, 0.1) is 5.92 Å². The van der Waals surface area contributed by atoms with E-state index in [0.717, 1.165) is 13.1 Å². The molecule has 5 nitrogen and oxygen atoms in total. The van der Waals surface area contributed by atoms with Gasteiger partial charge in [-0.1, -0.05) is 19.0 Å². The molecule has 2 aromatic rings. The van der Waals surface area contributed by atoms with Crippen LogP contribution >= 0.6 is 0 Å². The van der Waals surface area contributed by atoms with Gasteiger partial charge in [0, 0.05) is 12.6 Å². The summed E-state index contributed by atoms with van der Waals surface area (Å²) in [5.74, 6) is 2.49. The van der Waals surface area contributed by atoms with Gasteiger partial charge in [-0.15, -0.1) is 0 Å². The molecule has 0 radical (unpaired) electrons. The average molecular weight is 261 g/mol. The summed E-state index contributed by atoms with van der Waals surface area (Å²) in [6, 6.07) is 4.35. The minimum atomic E-state index is 0.528. The number of furan rings is 1. The molecule has 0 bridgehead atoms. The molecule has 2 heterocycles. The third-order valence-corrected chi connectivity index (χ3v) is 3.21. The molecule has 5 heteroatoms. The van der Waals surface area contributed by atoms with Gasteiger partial charge in [0.25, 0.3) is 0 Å². The average Bonchev–Trinajstić information content (AvgIpc) is 2.89. The van der Waals surface area contributed by atoms with Gasteiger partial charge in [-0.05, 0) is 30.9 Å². The molecule has 1 aliphatic carbocycles. The van der Waals surface area contributed by atoms with Crippen LogP contribution in [-0.2, 0) is 6.54 Å². The smallest absolute Gasteiger partial charge is 0.241 e. The van der Waals surface area contributed by atoms with Crippen LogP contribution in [0.1, 0.15) is 32.6 Å². The number of nitrogens with zero attached hydrogens (tertiary/aromatic N) is 3. The highest BCUT2D eigenvalue weighted by Gasteiger charge is 2.30. The molecule has 3 rings (SSSR count). The lowest BCUT2D eigenvalue weighted by atomic mass is 10.2. The van der Waals surface area contributed by atoms with Gasteiger partial charge in [-0.25, -0.2) is 0 Å². The van der Waals surface area contributed by atoms with Gasteiger partial charge in [0.05, 0.1) is 12.8 Å². The zero-order chi connectivity index (χ0) is 13.2. The Labute approximate surface area is 112 Å². The fraction of sp³-hybridized carbons (Fsp3) is 0.571. The van der Waals surface area contributed by atoms with E-state index in [9.17, 15) is 0 Å². The first-order valence-electron chi connectivity index (χ1n) is 6.83. The van der Waals surface area contributed by atoms with Crippen molar-refractivity contribution in [2.75, 3.05) is 6.54 Å². The Hall–Kier alpha value is -1.62. The molecule has 1 saturated carbocycles. The van der Waals surface area contributed by atoms with E-state index in [1.165, 1.54) is 12.8 Å². The summed E-state index contributed by atoms with van der Waals surface area (Å²) >= 11 is 0. The van der Waals surface area contributed by atoms with Gasteiger partial charge < -0.3 is 8.94 Å². The molecule has 0 amide bonds. The van der Waals surface area contributed by atoms with Crippen LogP contribution < -0.4 is 0 Å². The van der Waals surface area contributed by atoms with E-state index in [2.05, 4.69) is 28.9 Å². The lowest BCUT2D eigenvalue weighted by Crippen LogP contribution is -2.29. The summed E-state index contributed by atoms with van der Waals surface area (Å²) < 4.78 is 10.6. The maximum atomic E-state index is 5.32. The van der Waals surface area contributed by atoms with Crippen LogP contribution in [0.15, 0.2) is 27.3 Å². The maximum absolute atomic E-state index is 5.32. The molecular weight excluding hydrogens is 242 g/mol. The van der Waals surface area contributed by atoms with E-state index >= 15 is 0 Å². The standard InChI is InChI=1S/C14H19N3O2/c1-10(2)8-17(11-5-6-11)9-13-15-14(16-19-13)12-4-3-7-18-12/h3-4,7,10-11H,5-6,8-9H2,1-2H3. The van der Waals surface area contributed by atoms with Crippen molar-refractivity contribution in [3.05, 3.63) is 24.3 Å². The first-order valence-corrected chi connectivity index (χ1v) is 6.83. The second-order valence-corrected chi connectivity index (χ2v) is 5.54. The van der Waals surface area contributed by atoms with Crippen LogP contribution in [0.2, 0.25) is 0 Å². The largest absolute Gasteiger partial charge is 0.461 e. The molecule has 102 valence electrons. The van der Waals surface area contributed by atoms with Gasteiger partial charge in [-0.2, -0.15) is 4.98 Å². The Bertz CT molecular complexity index is 515. The molecule has 0 saturated heterocycles. The molecule has 0 spiro atoms. The zero-order valence-electron chi connectivity index (χ0n) is 11.4. The van der Waals surface area contributed by atoms with Crippen LogP contribution in [-0.4, -0.2) is 27.6 Å². The topological polar surface area (TPSA) is 55.3 Å². The molecule has 0 aliphatic heterocycles. The van der Waals surface area contributed by atoms with E-state index in [1.807, 2.05) is 12.1 Å². The first kappa shape index (κ1) is 12.4. The minimum absolute atomic E-state index is 0.528. The molecule has 0 aromatic carbocycles. The minimum Gasteiger partial charge on any atom is -0.461 e. The van der Waals surface area contributed by atoms with Crippen LogP contribution in [0.4, 0.5) is 0 Å². The summed E-state index contributed by atoms with van der Waals surface area (Å²) in [5.41, 5.74) is 0. The Kier molecular flexibility index (Phi) is 3.38. The summed E-state index contributed by atoms with van der Waals surface area (Å²) in [6.45, 7) is 6.27. The summed E-state index contributed by atoms with van der Waals surface area (Å²) in [6.07, 6.45) is 4.18. The molecule has 2 aromatic heterocycles. The zero-order valence-corrected chi connectivity index (χ0v) is 11.4. The van der Waals surface area contributed by atoms with E-state index in [1.54, 1.807) is 6.26 Å². The highest BCUT2D eigenvalue weighted by Crippen LogP contribution is 2.29. The fourth-order valence-electron chi connectivity index (χ4n) is 2.25. The summed E-state index contributed by atoms with van der Waals surface area (Å²) in [4.78, 5) is 6.83. The molecule has 0 unspecified atom stereocenters. The number of aromatic nitrogens is 2. The van der Waals surface area contributed by atoms with Crippen molar-refractivity contribution in [2.45, 2.75) is 39.3 Å². The van der Waals surface area contributed by atoms with Crippen LogP contribution in [0.25, 0.3) is 11.6 Å². The lowest BCUT2D eigenvalue weighted by Gasteiger charge is -2.21. The van der Waals surface area contributed by atoms with E-state index in [4.69, 9.17) is 8.94 Å². The van der Waals surface area contributed by atoms with Gasteiger partial charge in [0.1, 0.15) is 0 Å². The normalized spacial score (nSPS) is 15.6. The predicted molar refractivity (Wildman–Crippen MR) is 70.3 cm³/mol. The highest BCUT2D eigenvalue weighted by molar-refractivity contribution is 5.44. The van der Waals surface area contributed by atoms with Crippen LogP contribution in [0.3, 0.4) is 0 Å². The third kappa shape index (κ3) is 3.04. The fourth-order valence-corrected chi connectivity index (χ4v) is 2.25. The van der Waals surface area contributed by atoms with Gasteiger partial charge in [0.15, 0.2) is 5.76 Å². The Balaban J connectivity index is 1.68. The summed E-state index contributed by atoms with van der Waals surface area (Å²) in [5, 5.41) is 3.96. The molecule has 1 fully saturated rings. The predicted octanol–water partition coefficient (Wildman–Crippen LogP) is 2.95. The van der Waals surface area contributed by atoms with Gasteiger partial charge in [-0.3, -0.25) is 4.90 Å². The second kappa shape index (κ2) is 5.17. The van der Waals surface area contributed by atoms with Crippen molar-refractivity contribution in [2.24, 2.45) is 5.92 Å². The lowest BCUT2D eigenvalue weighted by molar-refractivity contribution is 0.196. The Morgan fingerprint density at radius 3 is 2.89 bits per heavy atom. The first-order chi connectivity index (χ1) is 9.22. The number of rotatable bonds is 6. The number of hydrogen-bond donors (Lipinski definition) is 0. The van der Waals surface area contributed by atoms with Crippen molar-refractivity contribution in [1.82, 2.24) is 15.0 Å². The third-order valence-electron chi connectivity index (χ3n) is 3.21. The monoisotopic (exact) mass is 261 g/mol. The number of hydrogen-bond acceptors (Lipinski definition) is 5. The summed E-state index contributed by atoms with van der Waals surface area (Å²) in [7, 11) is 0. The maximum Gasteiger partial charge on any atom is 0.241 e. The van der Waals surface area contributed by atoms with E-state index < -0.39 is 0 Å².